The van der Waals surface area contributed by atoms with E-state index in [0.29, 0.717) is 51.2 Å². The number of halogens is 1. The standard InChI is InChI=1S/C48H38ClN5O6S/c1-23-19-26(11-17-36(23)55)41-29-15-16-30-40(46(58)53(44(30)56)28-13-9-25(10-14-28)43-50-34-7-5-6-8-37(34)60-43)32(29)21-33-45(57)54(47(59)48(33,41)3)39-22-35(51-52(39)4)42-24(2)31-20-27(49)12-18-38(31)61-42/h5-15,17-20,22,30,32-33,40-41,55H,16,21H2,1-4H3/t30-,32+,33-,40-,41-,48+/m0/s1. The number of phenols is 1. The molecule has 7 aromatic rings. The minimum Gasteiger partial charge on any atom is -0.508 e. The van der Waals surface area contributed by atoms with Gasteiger partial charge < -0.3 is 9.52 Å². The Morgan fingerprint density at radius 3 is 2.44 bits per heavy atom. The van der Waals surface area contributed by atoms with Crippen molar-refractivity contribution in [1.82, 2.24) is 14.8 Å². The number of fused-ring (bicyclic) bond motifs is 6. The number of carbonyl (C=O) groups is 4. The molecule has 61 heavy (non-hydrogen) atoms. The maximum absolute atomic E-state index is 15.2. The first-order valence-corrected chi connectivity index (χ1v) is 21.5. The number of nitrogens with zero attached hydrogens (tertiary/aromatic N) is 5. The van der Waals surface area contributed by atoms with E-state index in [4.69, 9.17) is 21.1 Å². The first kappa shape index (κ1) is 37.6. The molecule has 13 heteroatoms. The molecule has 304 valence electrons. The molecule has 3 fully saturated rings. The van der Waals surface area contributed by atoms with Gasteiger partial charge in [-0.25, -0.2) is 9.88 Å². The topological polar surface area (TPSA) is 139 Å². The second kappa shape index (κ2) is 13.3. The van der Waals surface area contributed by atoms with Crippen LogP contribution in [0.25, 0.3) is 43.2 Å². The highest BCUT2D eigenvalue weighted by atomic mass is 35.5. The van der Waals surface area contributed by atoms with E-state index in [-0.39, 0.29) is 35.8 Å². The number of aryl methyl sites for hydroxylation is 3. The Balaban J connectivity index is 0.966. The number of benzene rings is 4. The number of hydrogen-bond donors (Lipinski definition) is 1. The van der Waals surface area contributed by atoms with Crippen molar-refractivity contribution < 1.29 is 28.7 Å². The van der Waals surface area contributed by atoms with Crippen LogP contribution in [-0.2, 0) is 26.2 Å². The lowest BCUT2D eigenvalue weighted by Crippen LogP contribution is -2.49. The number of oxazole rings is 1. The fourth-order valence-corrected chi connectivity index (χ4v) is 12.0. The molecule has 4 amide bonds. The summed E-state index contributed by atoms with van der Waals surface area (Å²) < 4.78 is 8.59. The van der Waals surface area contributed by atoms with Gasteiger partial charge in [-0.1, -0.05) is 47.5 Å². The average Bonchev–Trinajstić information content (AvgIpc) is 4.03. The van der Waals surface area contributed by atoms with Gasteiger partial charge in [-0.15, -0.1) is 11.3 Å². The van der Waals surface area contributed by atoms with Crippen molar-refractivity contribution in [2.75, 3.05) is 9.80 Å². The monoisotopic (exact) mass is 847 g/mol. The molecule has 2 saturated heterocycles. The third kappa shape index (κ3) is 5.34. The molecule has 0 unspecified atom stereocenters. The second-order valence-corrected chi connectivity index (χ2v) is 18.4. The lowest BCUT2D eigenvalue weighted by atomic mass is 9.51. The van der Waals surface area contributed by atoms with Crippen LogP contribution in [0.15, 0.2) is 107 Å². The van der Waals surface area contributed by atoms with Crippen LogP contribution in [0.4, 0.5) is 11.5 Å². The fraction of sp³-hybridized carbons (Fsp3) is 0.250. The van der Waals surface area contributed by atoms with Crippen molar-refractivity contribution in [3.63, 3.8) is 0 Å². The van der Waals surface area contributed by atoms with Crippen LogP contribution in [0.2, 0.25) is 5.02 Å². The van der Waals surface area contributed by atoms with Gasteiger partial charge in [-0.3, -0.25) is 28.8 Å². The number of thiophene rings is 1. The van der Waals surface area contributed by atoms with Gasteiger partial charge in [0.05, 0.1) is 33.7 Å². The Morgan fingerprint density at radius 2 is 1.67 bits per heavy atom. The Bertz CT molecular complexity index is 3080. The van der Waals surface area contributed by atoms with Crippen LogP contribution in [0.5, 0.6) is 5.75 Å². The molecule has 0 spiro atoms. The van der Waals surface area contributed by atoms with E-state index in [1.807, 2.05) is 68.5 Å². The highest BCUT2D eigenvalue weighted by molar-refractivity contribution is 7.22. The molecule has 0 radical (unpaired) electrons. The summed E-state index contributed by atoms with van der Waals surface area (Å²) >= 11 is 7.92. The molecule has 11 rings (SSSR count). The largest absolute Gasteiger partial charge is 0.508 e. The van der Waals surface area contributed by atoms with Gasteiger partial charge in [0.15, 0.2) is 5.58 Å². The van der Waals surface area contributed by atoms with E-state index >= 15 is 9.59 Å². The molecule has 4 aliphatic rings. The van der Waals surface area contributed by atoms with Gasteiger partial charge in [0.25, 0.3) is 0 Å². The number of anilines is 2. The summed E-state index contributed by atoms with van der Waals surface area (Å²) in [5.41, 5.74) is 5.17. The van der Waals surface area contributed by atoms with Crippen molar-refractivity contribution in [1.29, 1.82) is 0 Å². The summed E-state index contributed by atoms with van der Waals surface area (Å²) in [4.78, 5) is 67.4. The Labute approximate surface area is 358 Å². The SMILES string of the molecule is Cc1cc([C@H]2C3=CC[C@@H]4C(=O)N(c5ccc(-c6nc7ccccc7o6)cc5)C(=O)[C@@H]4[C@@H]3C[C@H]3C(=O)N(c4cc(-c5sc6ccc(Cl)cc6c5C)nn4C)C(=O)[C@@]23C)ccc1O. The van der Waals surface area contributed by atoms with E-state index in [1.165, 1.54) is 9.80 Å². The first-order valence-electron chi connectivity index (χ1n) is 20.3. The van der Waals surface area contributed by atoms with Gasteiger partial charge in [-0.2, -0.15) is 5.10 Å². The zero-order chi connectivity index (χ0) is 42.2. The van der Waals surface area contributed by atoms with Gasteiger partial charge in [0.1, 0.15) is 22.8 Å². The Hall–Kier alpha value is -6.37. The molecular formula is C48H38ClN5O6S. The number of carbonyl (C=O) groups excluding carboxylic acids is 4. The van der Waals surface area contributed by atoms with Gasteiger partial charge in [0, 0.05) is 34.3 Å². The normalized spacial score (nSPS) is 24.8. The molecule has 5 heterocycles. The van der Waals surface area contributed by atoms with Gasteiger partial charge in [0.2, 0.25) is 29.5 Å². The quantitative estimate of drug-likeness (QED) is 0.134. The summed E-state index contributed by atoms with van der Waals surface area (Å²) in [6, 6.07) is 27.4. The van der Waals surface area contributed by atoms with Crippen molar-refractivity contribution >= 4 is 79.3 Å². The molecule has 1 N–H and O–H groups in total. The molecule has 0 bridgehead atoms. The van der Waals surface area contributed by atoms with Crippen LogP contribution in [0.1, 0.15) is 42.4 Å². The van der Waals surface area contributed by atoms with Crippen LogP contribution >= 0.6 is 22.9 Å². The van der Waals surface area contributed by atoms with Crippen LogP contribution < -0.4 is 9.80 Å². The molecule has 2 aliphatic heterocycles. The van der Waals surface area contributed by atoms with Crippen molar-refractivity contribution in [3.8, 4) is 27.8 Å². The zero-order valence-corrected chi connectivity index (χ0v) is 35.1. The minimum atomic E-state index is -1.25. The minimum absolute atomic E-state index is 0.112. The van der Waals surface area contributed by atoms with E-state index in [0.717, 1.165) is 37.2 Å². The Kier molecular flexibility index (Phi) is 8.21. The first-order chi connectivity index (χ1) is 29.3. The highest BCUT2D eigenvalue weighted by Gasteiger charge is 2.68. The van der Waals surface area contributed by atoms with Crippen LogP contribution in [0.3, 0.4) is 0 Å². The van der Waals surface area contributed by atoms with Gasteiger partial charge >= 0.3 is 0 Å². The Morgan fingerprint density at radius 1 is 0.885 bits per heavy atom. The fourth-order valence-electron chi connectivity index (χ4n) is 10.7. The van der Waals surface area contributed by atoms with Crippen molar-refractivity contribution in [2.45, 2.75) is 39.5 Å². The van der Waals surface area contributed by atoms with Crippen LogP contribution in [-0.4, -0.2) is 43.5 Å². The molecule has 2 aliphatic carbocycles. The number of rotatable bonds is 5. The molecule has 3 aromatic heterocycles. The highest BCUT2D eigenvalue weighted by Crippen LogP contribution is 2.64. The predicted molar refractivity (Wildman–Crippen MR) is 233 cm³/mol. The maximum Gasteiger partial charge on any atom is 0.242 e. The smallest absolute Gasteiger partial charge is 0.242 e. The molecule has 1 saturated carbocycles. The number of phenolic OH excluding ortho intramolecular Hbond substituents is 1. The van der Waals surface area contributed by atoms with Crippen LogP contribution in [0, 0.1) is 42.9 Å². The predicted octanol–water partition coefficient (Wildman–Crippen LogP) is 9.52. The summed E-state index contributed by atoms with van der Waals surface area (Å²) in [6.45, 7) is 5.67. The second-order valence-electron chi connectivity index (χ2n) is 17.0. The average molecular weight is 848 g/mol. The lowest BCUT2D eigenvalue weighted by Gasteiger charge is -2.49. The number of hydrogen-bond acceptors (Lipinski definition) is 9. The number of aromatic hydroxyl groups is 1. The third-order valence-corrected chi connectivity index (χ3v) is 15.2. The van der Waals surface area contributed by atoms with E-state index in [9.17, 15) is 14.7 Å². The van der Waals surface area contributed by atoms with Crippen molar-refractivity contribution in [3.05, 3.63) is 124 Å². The number of imide groups is 2. The summed E-state index contributed by atoms with van der Waals surface area (Å²) in [6.07, 6.45) is 2.55. The molecule has 4 aromatic carbocycles. The zero-order valence-electron chi connectivity index (χ0n) is 33.5. The van der Waals surface area contributed by atoms with E-state index in [1.54, 1.807) is 72.5 Å². The number of amides is 4. The van der Waals surface area contributed by atoms with Gasteiger partial charge in [-0.05, 0) is 122 Å². The summed E-state index contributed by atoms with van der Waals surface area (Å²) in [7, 11) is 1.73. The van der Waals surface area contributed by atoms with Crippen molar-refractivity contribution in [2.24, 2.45) is 36.1 Å². The van der Waals surface area contributed by atoms with E-state index in [2.05, 4.69) is 4.98 Å². The third-order valence-electron chi connectivity index (χ3n) is 13.7. The van der Waals surface area contributed by atoms with E-state index < -0.39 is 35.0 Å². The molecule has 6 atom stereocenters. The number of aromatic nitrogens is 3. The summed E-state index contributed by atoms with van der Waals surface area (Å²) in [5.74, 6) is -3.75. The maximum atomic E-state index is 15.2. The number of allylic oxidation sites excluding steroid dienone is 2. The molecular weight excluding hydrogens is 810 g/mol. The molecule has 11 nitrogen and oxygen atoms in total. The number of para-hydroxylation sites is 2. The summed E-state index contributed by atoms with van der Waals surface area (Å²) in [5, 5.41) is 17.1. The lowest BCUT2D eigenvalue weighted by molar-refractivity contribution is -0.131.